The standard InChI is InChI=1S/C55H90O6/c1-4-7-10-13-16-19-22-24-26-28-30-33-36-39-42-45-48-54(57)60-51-52(50-59-53(56)47-44-41-38-35-32-21-18-15-12-9-6-3)61-55(58)49-46-43-40-37-34-31-29-27-25-23-20-17-14-11-8-5-2/h7,10,15-16,18-19,21,24,26-27,29-34,52H,4-6,8-9,11-14,17,20,22-23,25,28,35-51H2,1-3H3/b10-7-,18-15-,19-16-,26-24-,29-27-,32-21-,33-30-,34-31-. The van der Waals surface area contributed by atoms with Crippen LogP contribution in [0.2, 0.25) is 0 Å². The minimum Gasteiger partial charge on any atom is -0.462 e. The Balaban J connectivity index is 4.52. The number of rotatable bonds is 43. The van der Waals surface area contributed by atoms with Gasteiger partial charge in [-0.2, -0.15) is 0 Å². The summed E-state index contributed by atoms with van der Waals surface area (Å²) in [6, 6.07) is 0. The predicted octanol–water partition coefficient (Wildman–Crippen LogP) is 16.2. The zero-order valence-corrected chi connectivity index (χ0v) is 39.4. The molecule has 0 radical (unpaired) electrons. The highest BCUT2D eigenvalue weighted by Crippen LogP contribution is 2.12. The first-order valence-electron chi connectivity index (χ1n) is 24.8. The van der Waals surface area contributed by atoms with Gasteiger partial charge in [0.05, 0.1) is 0 Å². The summed E-state index contributed by atoms with van der Waals surface area (Å²) in [7, 11) is 0. The summed E-state index contributed by atoms with van der Waals surface area (Å²) >= 11 is 0. The summed E-state index contributed by atoms with van der Waals surface area (Å²) in [6.07, 6.45) is 63.9. The highest BCUT2D eigenvalue weighted by Gasteiger charge is 2.19. The van der Waals surface area contributed by atoms with Gasteiger partial charge in [0, 0.05) is 19.3 Å². The summed E-state index contributed by atoms with van der Waals surface area (Å²) in [5, 5.41) is 0. The molecule has 6 heteroatoms. The molecule has 0 aromatic heterocycles. The van der Waals surface area contributed by atoms with Gasteiger partial charge in [-0.05, 0) is 103 Å². The molecular weight excluding hydrogens is 757 g/mol. The molecule has 1 unspecified atom stereocenters. The molecule has 0 rings (SSSR count). The Kier molecular flexibility index (Phi) is 46.0. The quantitative estimate of drug-likeness (QED) is 0.0200. The molecule has 0 aromatic rings. The van der Waals surface area contributed by atoms with Crippen molar-refractivity contribution in [1.82, 2.24) is 0 Å². The van der Waals surface area contributed by atoms with E-state index in [9.17, 15) is 14.4 Å². The molecule has 0 bridgehead atoms. The third-order valence-electron chi connectivity index (χ3n) is 10.1. The van der Waals surface area contributed by atoms with E-state index in [1.807, 2.05) is 0 Å². The van der Waals surface area contributed by atoms with E-state index in [1.54, 1.807) is 0 Å². The molecule has 6 nitrogen and oxygen atoms in total. The van der Waals surface area contributed by atoms with Crippen molar-refractivity contribution in [2.75, 3.05) is 13.2 Å². The number of esters is 3. The second kappa shape index (κ2) is 49.0. The summed E-state index contributed by atoms with van der Waals surface area (Å²) in [4.78, 5) is 37.9. The first-order chi connectivity index (χ1) is 30.0. The van der Waals surface area contributed by atoms with Crippen LogP contribution in [0.5, 0.6) is 0 Å². The van der Waals surface area contributed by atoms with E-state index in [2.05, 4.69) is 118 Å². The lowest BCUT2D eigenvalue weighted by molar-refractivity contribution is -0.167. The van der Waals surface area contributed by atoms with Crippen LogP contribution in [0.3, 0.4) is 0 Å². The number of unbranched alkanes of at least 4 members (excludes halogenated alkanes) is 18. The molecule has 0 heterocycles. The van der Waals surface area contributed by atoms with Crippen LogP contribution < -0.4 is 0 Å². The summed E-state index contributed by atoms with van der Waals surface area (Å²) in [6.45, 7) is 6.37. The van der Waals surface area contributed by atoms with E-state index in [0.717, 1.165) is 116 Å². The van der Waals surface area contributed by atoms with E-state index >= 15 is 0 Å². The van der Waals surface area contributed by atoms with Gasteiger partial charge in [0.25, 0.3) is 0 Å². The Morgan fingerprint density at radius 2 is 0.705 bits per heavy atom. The molecule has 0 saturated heterocycles. The topological polar surface area (TPSA) is 78.9 Å². The molecule has 0 amide bonds. The third kappa shape index (κ3) is 47.2. The summed E-state index contributed by atoms with van der Waals surface area (Å²) < 4.78 is 16.7. The fraction of sp³-hybridized carbons (Fsp3) is 0.655. The van der Waals surface area contributed by atoms with Crippen LogP contribution >= 0.6 is 0 Å². The smallest absolute Gasteiger partial charge is 0.306 e. The van der Waals surface area contributed by atoms with Gasteiger partial charge in [-0.1, -0.05) is 189 Å². The van der Waals surface area contributed by atoms with E-state index in [-0.39, 0.29) is 37.5 Å². The fourth-order valence-electron chi connectivity index (χ4n) is 6.34. The SMILES string of the molecule is CC/C=C\C/C=C\C/C=C\C/C=C\CCCCCC(=O)OCC(COC(=O)CCCCC/C=C\C=C/CCCC)OC(=O)CCCCC/C=C\C=C/CCCCCCCCC. The molecule has 346 valence electrons. The van der Waals surface area contributed by atoms with Crippen molar-refractivity contribution in [3.05, 3.63) is 97.2 Å². The van der Waals surface area contributed by atoms with Crippen molar-refractivity contribution in [3.63, 3.8) is 0 Å². The normalized spacial score (nSPS) is 12.9. The molecule has 0 fully saturated rings. The Hall–Kier alpha value is -3.67. The lowest BCUT2D eigenvalue weighted by Gasteiger charge is -2.18. The van der Waals surface area contributed by atoms with Gasteiger partial charge in [0.15, 0.2) is 6.10 Å². The maximum atomic E-state index is 12.8. The van der Waals surface area contributed by atoms with Gasteiger partial charge < -0.3 is 14.2 Å². The maximum absolute atomic E-state index is 12.8. The van der Waals surface area contributed by atoms with Gasteiger partial charge in [-0.25, -0.2) is 0 Å². The molecule has 0 N–H and O–H groups in total. The molecule has 0 saturated carbocycles. The summed E-state index contributed by atoms with van der Waals surface area (Å²) in [5.74, 6) is -1.00. The summed E-state index contributed by atoms with van der Waals surface area (Å²) in [5.41, 5.74) is 0. The van der Waals surface area contributed by atoms with Crippen LogP contribution in [-0.2, 0) is 28.6 Å². The van der Waals surface area contributed by atoms with E-state index in [4.69, 9.17) is 14.2 Å². The highest BCUT2D eigenvalue weighted by molar-refractivity contribution is 5.71. The molecular formula is C55H90O6. The number of carbonyl (C=O) groups is 3. The van der Waals surface area contributed by atoms with Gasteiger partial charge >= 0.3 is 17.9 Å². The monoisotopic (exact) mass is 847 g/mol. The second-order valence-corrected chi connectivity index (χ2v) is 16.0. The van der Waals surface area contributed by atoms with Crippen LogP contribution in [0.1, 0.15) is 213 Å². The van der Waals surface area contributed by atoms with Crippen molar-refractivity contribution in [2.45, 2.75) is 219 Å². The average molecular weight is 847 g/mol. The number of carbonyl (C=O) groups excluding carboxylic acids is 3. The molecule has 0 aliphatic heterocycles. The van der Waals surface area contributed by atoms with Crippen molar-refractivity contribution in [2.24, 2.45) is 0 Å². The number of allylic oxidation sites excluding steroid dienone is 16. The van der Waals surface area contributed by atoms with Gasteiger partial charge in [-0.15, -0.1) is 0 Å². The van der Waals surface area contributed by atoms with Gasteiger partial charge in [0.1, 0.15) is 13.2 Å². The Morgan fingerprint density at radius 1 is 0.361 bits per heavy atom. The molecule has 0 aliphatic carbocycles. The molecule has 0 aromatic carbocycles. The van der Waals surface area contributed by atoms with Crippen molar-refractivity contribution >= 4 is 17.9 Å². The van der Waals surface area contributed by atoms with E-state index in [1.165, 1.54) is 57.8 Å². The largest absolute Gasteiger partial charge is 0.462 e. The van der Waals surface area contributed by atoms with Gasteiger partial charge in [0.2, 0.25) is 0 Å². The lowest BCUT2D eigenvalue weighted by Crippen LogP contribution is -2.30. The van der Waals surface area contributed by atoms with Crippen LogP contribution in [0.25, 0.3) is 0 Å². The van der Waals surface area contributed by atoms with Crippen molar-refractivity contribution < 1.29 is 28.6 Å². The first-order valence-corrected chi connectivity index (χ1v) is 24.8. The second-order valence-electron chi connectivity index (χ2n) is 16.0. The molecule has 0 spiro atoms. The van der Waals surface area contributed by atoms with Crippen LogP contribution in [-0.4, -0.2) is 37.2 Å². The number of hydrogen-bond acceptors (Lipinski definition) is 6. The zero-order chi connectivity index (χ0) is 44.4. The molecule has 61 heavy (non-hydrogen) atoms. The zero-order valence-electron chi connectivity index (χ0n) is 39.4. The Labute approximate surface area is 375 Å². The minimum atomic E-state index is -0.815. The minimum absolute atomic E-state index is 0.114. The van der Waals surface area contributed by atoms with Crippen LogP contribution in [0, 0.1) is 0 Å². The molecule has 1 atom stereocenters. The van der Waals surface area contributed by atoms with Crippen LogP contribution in [0.15, 0.2) is 97.2 Å². The number of hydrogen-bond donors (Lipinski definition) is 0. The highest BCUT2D eigenvalue weighted by atomic mass is 16.6. The van der Waals surface area contributed by atoms with E-state index < -0.39 is 6.10 Å². The Morgan fingerprint density at radius 3 is 1.15 bits per heavy atom. The fourth-order valence-corrected chi connectivity index (χ4v) is 6.34. The predicted molar refractivity (Wildman–Crippen MR) is 260 cm³/mol. The van der Waals surface area contributed by atoms with E-state index in [0.29, 0.717) is 12.8 Å². The average Bonchev–Trinajstić information content (AvgIpc) is 3.26. The Bertz CT molecular complexity index is 1250. The maximum Gasteiger partial charge on any atom is 0.306 e. The van der Waals surface area contributed by atoms with Crippen LogP contribution in [0.4, 0.5) is 0 Å². The van der Waals surface area contributed by atoms with Crippen molar-refractivity contribution in [1.29, 1.82) is 0 Å². The van der Waals surface area contributed by atoms with Gasteiger partial charge in [-0.3, -0.25) is 14.4 Å². The number of ether oxygens (including phenoxy) is 3. The van der Waals surface area contributed by atoms with Crippen molar-refractivity contribution in [3.8, 4) is 0 Å². The first kappa shape index (κ1) is 57.3. The lowest BCUT2D eigenvalue weighted by atomic mass is 10.1. The molecule has 0 aliphatic rings. The third-order valence-corrected chi connectivity index (χ3v) is 10.1.